The van der Waals surface area contributed by atoms with Crippen molar-refractivity contribution in [2.75, 3.05) is 0 Å². The molecular weight excluding hydrogens is 505 g/mol. The smallest absolute Gasteiger partial charge is 0.340 e. The van der Waals surface area contributed by atoms with Crippen LogP contribution in [0.1, 0.15) is 79.1 Å². The molecule has 0 unspecified atom stereocenters. The number of aryl methyl sites for hydroxylation is 1. The molecule has 3 aliphatic rings. The molecule has 1 amide bonds. The largest absolute Gasteiger partial charge is 0.458 e. The van der Waals surface area contributed by atoms with Gasteiger partial charge in [-0.05, 0) is 63.3 Å². The van der Waals surface area contributed by atoms with E-state index in [-0.39, 0.29) is 66.2 Å². The second-order valence-corrected chi connectivity index (χ2v) is 10.9. The minimum Gasteiger partial charge on any atom is -0.458 e. The molecule has 0 saturated heterocycles. The van der Waals surface area contributed by atoms with E-state index in [2.05, 4.69) is 5.32 Å². The number of aliphatic hydroxyl groups excluding tert-OH is 1. The maximum absolute atomic E-state index is 15.0. The van der Waals surface area contributed by atoms with Crippen LogP contribution in [0.25, 0.3) is 22.3 Å². The van der Waals surface area contributed by atoms with Gasteiger partial charge in [-0.2, -0.15) is 0 Å². The summed E-state index contributed by atoms with van der Waals surface area (Å²) in [6.45, 7) is 7.43. The first-order valence-electron chi connectivity index (χ1n) is 13.3. The zero-order chi connectivity index (χ0) is 27.7. The third-order valence-corrected chi connectivity index (χ3v) is 7.96. The van der Waals surface area contributed by atoms with Gasteiger partial charge in [0, 0.05) is 22.6 Å². The number of aromatic nitrogens is 2. The summed E-state index contributed by atoms with van der Waals surface area (Å²) in [5.74, 6) is -1.33. The number of rotatable bonds is 5. The molecule has 0 fully saturated rings. The van der Waals surface area contributed by atoms with Gasteiger partial charge in [-0.3, -0.25) is 9.59 Å². The van der Waals surface area contributed by atoms with Crippen LogP contribution in [-0.4, -0.2) is 38.7 Å². The predicted octanol–water partition coefficient (Wildman–Crippen LogP) is 3.27. The van der Waals surface area contributed by atoms with Gasteiger partial charge in [0.1, 0.15) is 12.4 Å². The summed E-state index contributed by atoms with van der Waals surface area (Å²) < 4.78 is 27.3. The number of cyclic esters (lactones) is 1. The summed E-state index contributed by atoms with van der Waals surface area (Å²) in [7, 11) is 0. The zero-order valence-corrected chi connectivity index (χ0v) is 22.3. The van der Waals surface area contributed by atoms with Gasteiger partial charge in [-0.1, -0.05) is 0 Å². The number of fused-ring (bicyclic) bond motifs is 5. The summed E-state index contributed by atoms with van der Waals surface area (Å²) in [4.78, 5) is 43.3. The van der Waals surface area contributed by atoms with Gasteiger partial charge in [0.2, 0.25) is 5.91 Å². The van der Waals surface area contributed by atoms with Gasteiger partial charge in [0.05, 0.1) is 53.7 Å². The van der Waals surface area contributed by atoms with Gasteiger partial charge in [-0.25, -0.2) is 14.2 Å². The number of esters is 1. The number of aliphatic hydroxyl groups is 1. The van der Waals surface area contributed by atoms with Crippen molar-refractivity contribution in [1.82, 2.24) is 14.9 Å². The molecular formula is C29H30FN3O6. The highest BCUT2D eigenvalue weighted by Gasteiger charge is 2.37. The molecule has 0 spiro atoms. The lowest BCUT2D eigenvalue weighted by Gasteiger charge is -2.30. The summed E-state index contributed by atoms with van der Waals surface area (Å²) >= 11 is 0. The van der Waals surface area contributed by atoms with E-state index < -0.39 is 12.1 Å². The number of carbonyl (C=O) groups is 2. The summed E-state index contributed by atoms with van der Waals surface area (Å²) in [5, 5.41) is 14.4. The van der Waals surface area contributed by atoms with Gasteiger partial charge in [-0.15, -0.1) is 0 Å². The fourth-order valence-corrected chi connectivity index (χ4v) is 6.27. The molecule has 3 atom stereocenters. The van der Waals surface area contributed by atoms with Crippen LogP contribution in [0.4, 0.5) is 4.39 Å². The number of nitrogens with zero attached hydrogens (tertiary/aromatic N) is 2. The van der Waals surface area contributed by atoms with Crippen LogP contribution in [0, 0.1) is 12.7 Å². The third kappa shape index (κ3) is 4.04. The van der Waals surface area contributed by atoms with E-state index in [1.807, 2.05) is 20.8 Å². The standard InChI is InChI=1S/C29H30FN3O6/c1-12(2)39-13(3)7-23(34)31-20-6-5-15-14(4)19(30)9-21-24(15)25(20)17-10-33-22(26(17)32-21)8-16-18(28(33)36)11-38-29(37)27(16)35/h8-9,12-13,20,27,35H,5-7,10-11H2,1-4H3,(H,31,34)/t13-,20+,27+/m1/s1. The summed E-state index contributed by atoms with van der Waals surface area (Å²) in [6.07, 6.45) is -0.495. The van der Waals surface area contributed by atoms with Crippen LogP contribution in [0.5, 0.6) is 0 Å². The van der Waals surface area contributed by atoms with E-state index in [1.54, 1.807) is 17.6 Å². The zero-order valence-electron chi connectivity index (χ0n) is 22.3. The van der Waals surface area contributed by atoms with Gasteiger partial charge in [0.25, 0.3) is 5.56 Å². The first-order valence-corrected chi connectivity index (χ1v) is 13.3. The molecule has 0 bridgehead atoms. The molecule has 4 heterocycles. The normalized spacial score (nSPS) is 19.9. The van der Waals surface area contributed by atoms with E-state index in [0.29, 0.717) is 35.3 Å². The number of hydrogen-bond acceptors (Lipinski definition) is 7. The van der Waals surface area contributed by atoms with Gasteiger partial charge < -0.3 is 24.5 Å². The molecule has 9 nitrogen and oxygen atoms in total. The number of benzene rings is 1. The lowest BCUT2D eigenvalue weighted by atomic mass is 9.81. The van der Waals surface area contributed by atoms with Crippen molar-refractivity contribution < 1.29 is 28.6 Å². The Morgan fingerprint density at radius 3 is 2.77 bits per heavy atom. The van der Waals surface area contributed by atoms with E-state index >= 15 is 0 Å². The quantitative estimate of drug-likeness (QED) is 0.377. The van der Waals surface area contributed by atoms with Gasteiger partial charge >= 0.3 is 5.97 Å². The number of amides is 1. The molecule has 1 aliphatic carbocycles. The van der Waals surface area contributed by atoms with Crippen molar-refractivity contribution in [1.29, 1.82) is 0 Å². The number of nitrogens with one attached hydrogen (secondary N) is 1. The minimum atomic E-state index is -1.57. The van der Waals surface area contributed by atoms with E-state index in [0.717, 1.165) is 22.1 Å². The highest BCUT2D eigenvalue weighted by atomic mass is 19.1. The minimum absolute atomic E-state index is 0.00262. The molecule has 3 aromatic rings. The Kier molecular flexibility index (Phi) is 6.07. The number of halogens is 1. The monoisotopic (exact) mass is 535 g/mol. The average Bonchev–Trinajstić information content (AvgIpc) is 3.23. The van der Waals surface area contributed by atoms with Crippen LogP contribution in [0.3, 0.4) is 0 Å². The highest BCUT2D eigenvalue weighted by Crippen LogP contribution is 2.45. The Labute approximate surface area is 223 Å². The second kappa shape index (κ2) is 9.24. The molecule has 204 valence electrons. The van der Waals surface area contributed by atoms with E-state index in [4.69, 9.17) is 14.5 Å². The Morgan fingerprint density at radius 1 is 1.26 bits per heavy atom. The van der Waals surface area contributed by atoms with Crippen molar-refractivity contribution in [3.8, 4) is 11.4 Å². The first kappa shape index (κ1) is 25.6. The summed E-state index contributed by atoms with van der Waals surface area (Å²) in [5.41, 5.74) is 4.43. The van der Waals surface area contributed by atoms with Crippen LogP contribution in [0.15, 0.2) is 16.9 Å². The number of hydrogen-bond donors (Lipinski definition) is 2. The number of ether oxygens (including phenoxy) is 2. The van der Waals surface area contributed by atoms with Crippen LogP contribution >= 0.6 is 0 Å². The van der Waals surface area contributed by atoms with Crippen molar-refractivity contribution in [2.24, 2.45) is 0 Å². The molecule has 0 saturated carbocycles. The fourth-order valence-electron chi connectivity index (χ4n) is 6.27. The SMILES string of the molecule is Cc1c(F)cc2nc3c(c4c2c1CC[C@@H]4NC(=O)C[C@@H](C)OC(C)C)Cn1c-3cc2c(c1=O)COC(=O)[C@H]2O. The summed E-state index contributed by atoms with van der Waals surface area (Å²) in [6, 6.07) is 2.63. The predicted molar refractivity (Wildman–Crippen MR) is 139 cm³/mol. The Hall–Kier alpha value is -3.63. The molecule has 2 N–H and O–H groups in total. The van der Waals surface area contributed by atoms with E-state index in [9.17, 15) is 23.9 Å². The van der Waals surface area contributed by atoms with Crippen LogP contribution in [-0.2, 0) is 38.6 Å². The van der Waals surface area contributed by atoms with Crippen molar-refractivity contribution in [3.05, 3.63) is 61.7 Å². The van der Waals surface area contributed by atoms with Crippen molar-refractivity contribution in [2.45, 2.75) is 84.5 Å². The molecule has 1 aromatic carbocycles. The van der Waals surface area contributed by atoms with Crippen molar-refractivity contribution in [3.63, 3.8) is 0 Å². The lowest BCUT2D eigenvalue weighted by molar-refractivity contribution is -0.157. The average molecular weight is 536 g/mol. The molecule has 2 aromatic heterocycles. The fraction of sp³-hybridized carbons (Fsp3) is 0.448. The maximum atomic E-state index is 15.0. The molecule has 39 heavy (non-hydrogen) atoms. The molecule has 0 radical (unpaired) electrons. The van der Waals surface area contributed by atoms with Crippen LogP contribution in [0.2, 0.25) is 0 Å². The Balaban J connectivity index is 1.50. The topological polar surface area (TPSA) is 120 Å². The third-order valence-electron chi connectivity index (χ3n) is 7.96. The van der Waals surface area contributed by atoms with Crippen LogP contribution < -0.4 is 10.9 Å². The number of pyridine rings is 2. The second-order valence-electron chi connectivity index (χ2n) is 10.9. The highest BCUT2D eigenvalue weighted by molar-refractivity contribution is 5.93. The van der Waals surface area contributed by atoms with Crippen molar-refractivity contribution >= 4 is 22.8 Å². The van der Waals surface area contributed by atoms with Gasteiger partial charge in [0.15, 0.2) is 6.10 Å². The molecule has 6 rings (SSSR count). The molecule has 2 aliphatic heterocycles. The maximum Gasteiger partial charge on any atom is 0.340 e. The Bertz CT molecular complexity index is 1630. The first-order chi connectivity index (χ1) is 18.5. The van der Waals surface area contributed by atoms with E-state index in [1.165, 1.54) is 6.07 Å². The Morgan fingerprint density at radius 2 is 2.03 bits per heavy atom. The lowest BCUT2D eigenvalue weighted by Crippen LogP contribution is -2.34. The number of carbonyl (C=O) groups excluding carboxylic acids is 2. The molecule has 10 heteroatoms.